The van der Waals surface area contributed by atoms with Crippen molar-refractivity contribution in [3.63, 3.8) is 0 Å². The molecule has 1 aliphatic rings. The zero-order valence-corrected chi connectivity index (χ0v) is 15.3. The Morgan fingerprint density at radius 3 is 2.54 bits per heavy atom. The fraction of sp³-hybridized carbons (Fsp3) is 0.238. The molecular weight excluding hydrogens is 352 g/mol. The van der Waals surface area contributed by atoms with Gasteiger partial charge in [-0.15, -0.1) is 5.10 Å². The Balaban J connectivity index is 1.38. The van der Waals surface area contributed by atoms with Gasteiger partial charge in [0.2, 0.25) is 0 Å². The van der Waals surface area contributed by atoms with Gasteiger partial charge >= 0.3 is 0 Å². The molecule has 0 amide bonds. The van der Waals surface area contributed by atoms with Crippen LogP contribution in [0.15, 0.2) is 67.4 Å². The predicted octanol–water partition coefficient (Wildman–Crippen LogP) is 2.76. The van der Waals surface area contributed by atoms with E-state index in [1.165, 1.54) is 5.56 Å². The maximum Gasteiger partial charge on any atom is 0.121 e. The molecule has 1 saturated heterocycles. The molecule has 0 radical (unpaired) electrons. The predicted molar refractivity (Wildman–Crippen MR) is 104 cm³/mol. The number of hydrogen-bond donors (Lipinski definition) is 0. The highest BCUT2D eigenvalue weighted by Crippen LogP contribution is 2.27. The summed E-state index contributed by atoms with van der Waals surface area (Å²) in [5.41, 5.74) is 5.31. The first-order valence-electron chi connectivity index (χ1n) is 9.35. The van der Waals surface area contributed by atoms with Gasteiger partial charge in [-0.3, -0.25) is 14.9 Å². The summed E-state index contributed by atoms with van der Waals surface area (Å²) in [7, 11) is 0. The van der Waals surface area contributed by atoms with Crippen molar-refractivity contribution in [2.45, 2.75) is 12.6 Å². The molecule has 4 aromatic heterocycles. The molecule has 1 fully saturated rings. The fourth-order valence-electron chi connectivity index (χ4n) is 3.62. The highest BCUT2D eigenvalue weighted by atomic mass is 16.5. The summed E-state index contributed by atoms with van der Waals surface area (Å²) in [6.45, 7) is 3.27. The summed E-state index contributed by atoms with van der Waals surface area (Å²) in [5, 5.41) is 8.77. The van der Waals surface area contributed by atoms with Crippen molar-refractivity contribution in [2.75, 3.05) is 19.7 Å². The molecule has 4 aromatic rings. The second kappa shape index (κ2) is 7.46. The summed E-state index contributed by atoms with van der Waals surface area (Å²) in [6, 6.07) is 12.2. The van der Waals surface area contributed by atoms with Crippen LogP contribution >= 0.6 is 0 Å². The fourth-order valence-corrected chi connectivity index (χ4v) is 3.62. The summed E-state index contributed by atoms with van der Waals surface area (Å²) in [4.78, 5) is 10.6. The quantitative estimate of drug-likeness (QED) is 0.549. The van der Waals surface area contributed by atoms with Gasteiger partial charge < -0.3 is 4.74 Å². The van der Waals surface area contributed by atoms with Crippen LogP contribution in [0.2, 0.25) is 0 Å². The zero-order chi connectivity index (χ0) is 18.8. The van der Waals surface area contributed by atoms with Crippen molar-refractivity contribution in [3.05, 3.63) is 78.6 Å². The van der Waals surface area contributed by atoms with E-state index in [2.05, 4.69) is 49.4 Å². The van der Waals surface area contributed by atoms with E-state index < -0.39 is 0 Å². The molecule has 0 bridgehead atoms. The average molecular weight is 372 g/mol. The maximum atomic E-state index is 6.04. The molecule has 5 heterocycles. The van der Waals surface area contributed by atoms with Gasteiger partial charge in [0, 0.05) is 56.2 Å². The highest BCUT2D eigenvalue weighted by Gasteiger charge is 2.26. The standard InChI is InChI=1S/C21H20N6O/c1-2-19-21(24-25-27(19)14-18(1)17-5-9-23-10-6-17)20-15-26(11-12-28-20)13-16-3-7-22-8-4-16/h1-10,14,20H,11-13,15H2. The van der Waals surface area contributed by atoms with Crippen LogP contribution in [-0.2, 0) is 11.3 Å². The molecule has 5 rings (SSSR count). The number of nitrogens with zero attached hydrogens (tertiary/aromatic N) is 6. The van der Waals surface area contributed by atoms with Crippen LogP contribution in [0, 0.1) is 0 Å². The van der Waals surface area contributed by atoms with E-state index in [0.717, 1.165) is 42.0 Å². The number of rotatable bonds is 4. The van der Waals surface area contributed by atoms with E-state index in [9.17, 15) is 0 Å². The first-order chi connectivity index (χ1) is 13.9. The topological polar surface area (TPSA) is 68.4 Å². The Labute approximate surface area is 162 Å². The van der Waals surface area contributed by atoms with Crippen LogP contribution in [0.25, 0.3) is 16.6 Å². The zero-order valence-electron chi connectivity index (χ0n) is 15.3. The normalized spacial score (nSPS) is 17.8. The Morgan fingerprint density at radius 1 is 0.929 bits per heavy atom. The largest absolute Gasteiger partial charge is 0.369 e. The molecule has 1 unspecified atom stereocenters. The number of aromatic nitrogens is 5. The lowest BCUT2D eigenvalue weighted by Crippen LogP contribution is -2.38. The lowest BCUT2D eigenvalue weighted by molar-refractivity contribution is -0.0343. The van der Waals surface area contributed by atoms with Gasteiger partial charge in [-0.25, -0.2) is 4.52 Å². The summed E-state index contributed by atoms with van der Waals surface area (Å²) < 4.78 is 7.86. The first kappa shape index (κ1) is 17.0. The lowest BCUT2D eigenvalue weighted by Gasteiger charge is -2.32. The van der Waals surface area contributed by atoms with Crippen molar-refractivity contribution < 1.29 is 4.74 Å². The van der Waals surface area contributed by atoms with Crippen molar-refractivity contribution in [1.29, 1.82) is 0 Å². The third-order valence-corrected chi connectivity index (χ3v) is 5.06. The number of pyridine rings is 3. The lowest BCUT2D eigenvalue weighted by atomic mass is 10.1. The van der Waals surface area contributed by atoms with Crippen LogP contribution in [0.5, 0.6) is 0 Å². The molecule has 0 aromatic carbocycles. The van der Waals surface area contributed by atoms with Gasteiger partial charge in [0.15, 0.2) is 0 Å². The van der Waals surface area contributed by atoms with Gasteiger partial charge in [-0.05, 0) is 41.5 Å². The third-order valence-electron chi connectivity index (χ3n) is 5.06. The van der Waals surface area contributed by atoms with Gasteiger partial charge in [-0.2, -0.15) is 0 Å². The molecular formula is C21H20N6O. The summed E-state index contributed by atoms with van der Waals surface area (Å²) in [6.07, 6.45) is 9.17. The Kier molecular flexibility index (Phi) is 4.52. The molecule has 0 saturated carbocycles. The smallest absolute Gasteiger partial charge is 0.121 e. The van der Waals surface area contributed by atoms with E-state index in [1.54, 1.807) is 12.4 Å². The second-order valence-electron chi connectivity index (χ2n) is 6.91. The van der Waals surface area contributed by atoms with Gasteiger partial charge in [-0.1, -0.05) is 11.3 Å². The van der Waals surface area contributed by atoms with Crippen molar-refractivity contribution in [3.8, 4) is 11.1 Å². The molecule has 7 nitrogen and oxygen atoms in total. The van der Waals surface area contributed by atoms with Gasteiger partial charge in [0.1, 0.15) is 11.8 Å². The van der Waals surface area contributed by atoms with Crippen molar-refractivity contribution in [2.24, 2.45) is 0 Å². The van der Waals surface area contributed by atoms with Crippen molar-refractivity contribution in [1.82, 2.24) is 29.7 Å². The van der Waals surface area contributed by atoms with E-state index in [-0.39, 0.29) is 6.10 Å². The van der Waals surface area contributed by atoms with E-state index in [4.69, 9.17) is 4.74 Å². The number of fused-ring (bicyclic) bond motifs is 1. The van der Waals surface area contributed by atoms with Crippen LogP contribution in [0.1, 0.15) is 17.4 Å². The average Bonchev–Trinajstić information content (AvgIpc) is 3.19. The molecule has 1 aliphatic heterocycles. The molecule has 7 heteroatoms. The molecule has 0 spiro atoms. The molecule has 1 atom stereocenters. The highest BCUT2D eigenvalue weighted by molar-refractivity contribution is 5.65. The first-order valence-corrected chi connectivity index (χ1v) is 9.35. The monoisotopic (exact) mass is 372 g/mol. The maximum absolute atomic E-state index is 6.04. The molecule has 0 aliphatic carbocycles. The molecule has 28 heavy (non-hydrogen) atoms. The summed E-state index contributed by atoms with van der Waals surface area (Å²) >= 11 is 0. The molecule has 140 valence electrons. The van der Waals surface area contributed by atoms with E-state index in [0.29, 0.717) is 6.61 Å². The minimum atomic E-state index is -0.0835. The minimum Gasteiger partial charge on any atom is -0.369 e. The SMILES string of the molecule is c1cc(CN2CCOC(c3nnn4cc(-c5ccncc5)ccc34)C2)ccn1. The number of hydrogen-bond acceptors (Lipinski definition) is 6. The second-order valence-corrected chi connectivity index (χ2v) is 6.91. The Hall–Kier alpha value is -3.16. The Bertz CT molecular complexity index is 1070. The third kappa shape index (κ3) is 3.37. The molecule has 0 N–H and O–H groups in total. The van der Waals surface area contributed by atoms with Crippen LogP contribution < -0.4 is 0 Å². The van der Waals surface area contributed by atoms with E-state index in [1.807, 2.05) is 35.2 Å². The Morgan fingerprint density at radius 2 is 1.71 bits per heavy atom. The summed E-state index contributed by atoms with van der Waals surface area (Å²) in [5.74, 6) is 0. The van der Waals surface area contributed by atoms with Crippen molar-refractivity contribution >= 4 is 5.52 Å². The minimum absolute atomic E-state index is 0.0835. The number of ether oxygens (including phenoxy) is 1. The van der Waals surface area contributed by atoms with Gasteiger partial charge in [0.25, 0.3) is 0 Å². The van der Waals surface area contributed by atoms with E-state index >= 15 is 0 Å². The van der Waals surface area contributed by atoms with Gasteiger partial charge in [0.05, 0.1) is 12.1 Å². The van der Waals surface area contributed by atoms with Crippen LogP contribution in [-0.4, -0.2) is 49.4 Å². The number of morpholine rings is 1. The van der Waals surface area contributed by atoms with Crippen LogP contribution in [0.4, 0.5) is 0 Å². The van der Waals surface area contributed by atoms with Crippen LogP contribution in [0.3, 0.4) is 0 Å².